The maximum Gasteiger partial charge on any atom is 0.0270 e. The number of likely N-dealkylation sites (N-methyl/N-ethyl adjacent to an activating group) is 1. The Morgan fingerprint density at radius 3 is 2.81 bits per heavy atom. The molecule has 0 saturated heterocycles. The van der Waals surface area contributed by atoms with Crippen LogP contribution >= 0.6 is 0 Å². The Balaban J connectivity index is 1.79. The minimum absolute atomic E-state index is 0.574. The van der Waals surface area contributed by atoms with Crippen molar-refractivity contribution in [1.82, 2.24) is 14.8 Å². The van der Waals surface area contributed by atoms with E-state index in [1.54, 1.807) is 11.3 Å². The number of allylic oxidation sites excluding steroid dienone is 2. The van der Waals surface area contributed by atoms with Gasteiger partial charge in [0.1, 0.15) is 0 Å². The molecule has 0 aromatic carbocycles. The predicted molar refractivity (Wildman–Crippen MR) is 86.7 cm³/mol. The molecule has 1 aromatic heterocycles. The predicted octanol–water partition coefficient (Wildman–Crippen LogP) is 3.07. The van der Waals surface area contributed by atoms with E-state index in [4.69, 9.17) is 0 Å². The molecule has 0 spiro atoms. The lowest BCUT2D eigenvalue weighted by atomic mass is 9.97. The minimum Gasteiger partial charge on any atom is -0.348 e. The molecule has 1 aromatic rings. The molecule has 2 aliphatic heterocycles. The molecule has 3 rings (SSSR count). The summed E-state index contributed by atoms with van der Waals surface area (Å²) in [6.45, 7) is 7.91. The first-order valence-corrected chi connectivity index (χ1v) is 7.93. The summed E-state index contributed by atoms with van der Waals surface area (Å²) < 4.78 is 0. The molecule has 3 nitrogen and oxygen atoms in total. The molecule has 3 heteroatoms. The highest BCUT2D eigenvalue weighted by Crippen LogP contribution is 2.40. The molecule has 1 unspecified atom stereocenters. The number of hydrogen-bond donors (Lipinski definition) is 0. The van der Waals surface area contributed by atoms with Gasteiger partial charge in [-0.05, 0) is 43.7 Å². The van der Waals surface area contributed by atoms with Gasteiger partial charge in [0.2, 0.25) is 0 Å². The Labute approximate surface area is 128 Å². The van der Waals surface area contributed by atoms with Crippen LogP contribution in [0.1, 0.15) is 25.8 Å². The van der Waals surface area contributed by atoms with Crippen molar-refractivity contribution in [3.05, 3.63) is 53.1 Å². The van der Waals surface area contributed by atoms with Gasteiger partial charge in [-0.15, -0.1) is 0 Å². The lowest BCUT2D eigenvalue weighted by Gasteiger charge is -2.29. The average molecular weight is 283 g/mol. The third-order valence-corrected chi connectivity index (χ3v) is 4.81. The van der Waals surface area contributed by atoms with E-state index in [9.17, 15) is 0 Å². The molecule has 0 bridgehead atoms. The van der Waals surface area contributed by atoms with Crippen LogP contribution in [-0.2, 0) is 6.42 Å². The second-order valence-corrected chi connectivity index (χ2v) is 6.15. The summed E-state index contributed by atoms with van der Waals surface area (Å²) in [6.07, 6.45) is 8.34. The normalized spacial score (nSPS) is 24.8. The van der Waals surface area contributed by atoms with E-state index in [-0.39, 0.29) is 0 Å². The average Bonchev–Trinajstić information content (AvgIpc) is 2.78. The van der Waals surface area contributed by atoms with Gasteiger partial charge in [0, 0.05) is 55.8 Å². The van der Waals surface area contributed by atoms with Crippen LogP contribution in [-0.4, -0.2) is 41.5 Å². The Morgan fingerprint density at radius 2 is 2.10 bits per heavy atom. The molecule has 21 heavy (non-hydrogen) atoms. The van der Waals surface area contributed by atoms with E-state index < -0.39 is 0 Å². The second kappa shape index (κ2) is 6.02. The minimum atomic E-state index is 0.574. The van der Waals surface area contributed by atoms with Gasteiger partial charge in [-0.1, -0.05) is 13.0 Å². The van der Waals surface area contributed by atoms with E-state index in [2.05, 4.69) is 53.9 Å². The van der Waals surface area contributed by atoms with Crippen LogP contribution in [0, 0.1) is 5.92 Å². The van der Waals surface area contributed by atoms with Crippen LogP contribution in [0.5, 0.6) is 0 Å². The maximum atomic E-state index is 4.10. The van der Waals surface area contributed by atoms with E-state index in [1.165, 1.54) is 24.2 Å². The largest absolute Gasteiger partial charge is 0.348 e. The first kappa shape index (κ1) is 14.3. The summed E-state index contributed by atoms with van der Waals surface area (Å²) in [5, 5.41) is 0. The molecule has 0 saturated carbocycles. The lowest BCUT2D eigenvalue weighted by molar-refractivity contribution is 0.322. The van der Waals surface area contributed by atoms with Gasteiger partial charge < -0.3 is 9.80 Å². The van der Waals surface area contributed by atoms with Crippen molar-refractivity contribution in [2.75, 3.05) is 26.7 Å². The second-order valence-electron chi connectivity index (χ2n) is 6.15. The third kappa shape index (κ3) is 2.75. The van der Waals surface area contributed by atoms with Crippen molar-refractivity contribution in [2.45, 2.75) is 26.7 Å². The lowest BCUT2D eigenvalue weighted by Crippen LogP contribution is -2.30. The fourth-order valence-corrected chi connectivity index (χ4v) is 3.64. The van der Waals surface area contributed by atoms with E-state index in [0.29, 0.717) is 5.92 Å². The number of aromatic nitrogens is 1. The summed E-state index contributed by atoms with van der Waals surface area (Å²) >= 11 is 0. The van der Waals surface area contributed by atoms with Crippen LogP contribution < -0.4 is 0 Å². The van der Waals surface area contributed by atoms with Gasteiger partial charge in [0.25, 0.3) is 0 Å². The molecular formula is C18H25N3. The van der Waals surface area contributed by atoms with Gasteiger partial charge in [0.05, 0.1) is 0 Å². The highest BCUT2D eigenvalue weighted by Gasteiger charge is 2.34. The van der Waals surface area contributed by atoms with Crippen molar-refractivity contribution in [3.8, 4) is 0 Å². The smallest absolute Gasteiger partial charge is 0.0270 e. The molecule has 0 aliphatic carbocycles. The fraction of sp³-hybridized carbons (Fsp3) is 0.500. The van der Waals surface area contributed by atoms with Crippen LogP contribution in [0.2, 0.25) is 0 Å². The molecule has 112 valence electrons. The van der Waals surface area contributed by atoms with Gasteiger partial charge in [-0.3, -0.25) is 4.98 Å². The highest BCUT2D eigenvalue weighted by molar-refractivity contribution is 5.37. The molecule has 0 radical (unpaired) electrons. The molecular weight excluding hydrogens is 258 g/mol. The standard InChI is InChI=1S/C18H25N3/c1-4-17-14(2)16-13-20(3)11-8-18(16)21(17)12-7-15-5-9-19-10-6-15/h4-6,9-10,14H,7-8,11-13H2,1-3H3/b17-4+. The quantitative estimate of drug-likeness (QED) is 0.850. The van der Waals surface area contributed by atoms with Crippen molar-refractivity contribution >= 4 is 0 Å². The van der Waals surface area contributed by atoms with Crippen molar-refractivity contribution in [3.63, 3.8) is 0 Å². The van der Waals surface area contributed by atoms with Crippen molar-refractivity contribution < 1.29 is 0 Å². The van der Waals surface area contributed by atoms with Crippen LogP contribution in [0.3, 0.4) is 0 Å². The maximum absolute atomic E-state index is 4.10. The summed E-state index contributed by atoms with van der Waals surface area (Å²) in [4.78, 5) is 9.12. The van der Waals surface area contributed by atoms with E-state index in [1.807, 2.05) is 12.4 Å². The molecule has 2 aliphatic rings. The number of hydrogen-bond acceptors (Lipinski definition) is 3. The first-order valence-electron chi connectivity index (χ1n) is 7.93. The zero-order valence-corrected chi connectivity index (χ0v) is 13.3. The van der Waals surface area contributed by atoms with E-state index >= 15 is 0 Å². The van der Waals surface area contributed by atoms with Gasteiger partial charge in [-0.2, -0.15) is 0 Å². The van der Waals surface area contributed by atoms with Crippen molar-refractivity contribution in [1.29, 1.82) is 0 Å². The monoisotopic (exact) mass is 283 g/mol. The highest BCUT2D eigenvalue weighted by atomic mass is 15.2. The Morgan fingerprint density at radius 1 is 1.33 bits per heavy atom. The summed E-state index contributed by atoms with van der Waals surface area (Å²) in [6, 6.07) is 4.25. The van der Waals surface area contributed by atoms with Crippen LogP contribution in [0.25, 0.3) is 0 Å². The summed E-state index contributed by atoms with van der Waals surface area (Å²) in [7, 11) is 2.23. The van der Waals surface area contributed by atoms with Crippen LogP contribution in [0.4, 0.5) is 0 Å². The van der Waals surface area contributed by atoms with Crippen LogP contribution in [0.15, 0.2) is 47.6 Å². The van der Waals surface area contributed by atoms with Gasteiger partial charge >= 0.3 is 0 Å². The third-order valence-electron chi connectivity index (χ3n) is 4.81. The topological polar surface area (TPSA) is 19.4 Å². The molecule has 0 fully saturated rings. The molecule has 1 atom stereocenters. The molecule has 3 heterocycles. The Bertz CT molecular complexity index is 559. The molecule has 0 N–H and O–H groups in total. The molecule has 0 amide bonds. The van der Waals surface area contributed by atoms with E-state index in [0.717, 1.165) is 19.5 Å². The summed E-state index contributed by atoms with van der Waals surface area (Å²) in [5.74, 6) is 0.574. The zero-order chi connectivity index (χ0) is 14.8. The fourth-order valence-electron chi connectivity index (χ4n) is 3.64. The number of pyridine rings is 1. The van der Waals surface area contributed by atoms with Crippen molar-refractivity contribution in [2.24, 2.45) is 5.92 Å². The Kier molecular flexibility index (Phi) is 4.11. The SMILES string of the molecule is C/C=C1\C(C)C2=C(CCN(C)C2)N1CCc1ccncc1. The number of nitrogens with zero attached hydrogens (tertiary/aromatic N) is 3. The first-order chi connectivity index (χ1) is 10.2. The zero-order valence-electron chi connectivity index (χ0n) is 13.3. The Hall–Kier alpha value is -1.61. The van der Waals surface area contributed by atoms with Gasteiger partial charge in [-0.25, -0.2) is 0 Å². The van der Waals surface area contributed by atoms with Gasteiger partial charge in [0.15, 0.2) is 0 Å². The summed E-state index contributed by atoms with van der Waals surface area (Å²) in [5.41, 5.74) is 6.08. The number of rotatable bonds is 3.